The topological polar surface area (TPSA) is 76.3 Å². The van der Waals surface area contributed by atoms with Gasteiger partial charge < -0.3 is 10.6 Å². The molecule has 0 bridgehead atoms. The van der Waals surface area contributed by atoms with E-state index in [1.165, 1.54) is 0 Å². The Hall–Kier alpha value is -0.500. The lowest BCUT2D eigenvalue weighted by Gasteiger charge is -2.36. The molecule has 2 N–H and O–H groups in total. The second kappa shape index (κ2) is 6.51. The Morgan fingerprint density at radius 3 is 3.00 bits per heavy atom. The van der Waals surface area contributed by atoms with Crippen molar-refractivity contribution in [2.24, 2.45) is 5.73 Å². The minimum Gasteiger partial charge on any atom is -0.337 e. The molecular weight excluding hydrogens is 318 g/mol. The first-order chi connectivity index (χ1) is 9.51. The summed E-state index contributed by atoms with van der Waals surface area (Å²) in [6, 6.07) is 1.76. The number of sulfone groups is 1. The molecule has 0 aromatic carbocycles. The van der Waals surface area contributed by atoms with Gasteiger partial charge in [-0.15, -0.1) is 0 Å². The van der Waals surface area contributed by atoms with Crippen molar-refractivity contribution >= 4 is 39.0 Å². The highest BCUT2D eigenvalue weighted by molar-refractivity contribution is 8.01. The van der Waals surface area contributed by atoms with Crippen LogP contribution in [0, 0.1) is 0 Å². The van der Waals surface area contributed by atoms with Crippen molar-refractivity contribution in [3.05, 3.63) is 22.8 Å². The van der Waals surface area contributed by atoms with Crippen LogP contribution in [0.5, 0.6) is 0 Å². The Kier molecular flexibility index (Phi) is 5.17. The van der Waals surface area contributed by atoms with Gasteiger partial charge in [0.2, 0.25) is 0 Å². The van der Waals surface area contributed by atoms with Crippen molar-refractivity contribution in [3.63, 3.8) is 0 Å². The van der Waals surface area contributed by atoms with E-state index in [2.05, 4.69) is 4.98 Å². The summed E-state index contributed by atoms with van der Waals surface area (Å²) in [7, 11) is -3.18. The highest BCUT2D eigenvalue weighted by atomic mass is 35.5. The van der Waals surface area contributed by atoms with Crippen LogP contribution >= 0.6 is 23.4 Å². The third kappa shape index (κ3) is 3.05. The quantitative estimate of drug-likeness (QED) is 0.898. The minimum atomic E-state index is -3.18. The van der Waals surface area contributed by atoms with E-state index in [0.29, 0.717) is 29.7 Å². The summed E-state index contributed by atoms with van der Waals surface area (Å²) in [5, 5.41) is -0.109. The summed E-state index contributed by atoms with van der Waals surface area (Å²) in [5.74, 6) is 2.04. The summed E-state index contributed by atoms with van der Waals surface area (Å²) >= 11 is 7.96. The molecule has 1 atom stereocenters. The normalized spacial score (nSPS) is 20.1. The van der Waals surface area contributed by atoms with Crippen LogP contribution in [0.3, 0.4) is 0 Å². The number of aromatic nitrogens is 1. The number of thioether (sulfide) groups is 1. The van der Waals surface area contributed by atoms with Crippen LogP contribution in [0.25, 0.3) is 0 Å². The number of anilines is 1. The molecular formula is C12H18ClN3O2S2. The maximum Gasteiger partial charge on any atom is 0.171 e. The van der Waals surface area contributed by atoms with E-state index in [4.69, 9.17) is 17.3 Å². The van der Waals surface area contributed by atoms with Gasteiger partial charge in [0.15, 0.2) is 9.84 Å². The van der Waals surface area contributed by atoms with Crippen LogP contribution in [0.1, 0.15) is 12.5 Å². The van der Waals surface area contributed by atoms with Crippen molar-refractivity contribution in [1.82, 2.24) is 4.98 Å². The van der Waals surface area contributed by atoms with Gasteiger partial charge in [-0.05, 0) is 11.6 Å². The minimum absolute atomic E-state index is 0.114. The van der Waals surface area contributed by atoms with E-state index in [9.17, 15) is 8.42 Å². The molecule has 1 saturated heterocycles. The van der Waals surface area contributed by atoms with Gasteiger partial charge in [0.25, 0.3) is 0 Å². The average molecular weight is 336 g/mol. The van der Waals surface area contributed by atoms with Gasteiger partial charge in [-0.2, -0.15) is 11.8 Å². The van der Waals surface area contributed by atoms with E-state index in [-0.39, 0.29) is 5.75 Å². The fraction of sp³-hybridized carbons (Fsp3) is 0.583. The van der Waals surface area contributed by atoms with Gasteiger partial charge in [-0.25, -0.2) is 13.4 Å². The van der Waals surface area contributed by atoms with Gasteiger partial charge >= 0.3 is 0 Å². The Labute approximate surface area is 128 Å². The first kappa shape index (κ1) is 15.9. The molecule has 1 fully saturated rings. The zero-order chi connectivity index (χ0) is 14.8. The highest BCUT2D eigenvalue weighted by Gasteiger charge is 2.34. The molecule has 0 spiro atoms. The molecule has 1 aliphatic heterocycles. The summed E-state index contributed by atoms with van der Waals surface area (Å²) in [6.07, 6.45) is 1.63. The van der Waals surface area contributed by atoms with Crippen LogP contribution in [0.4, 0.5) is 5.82 Å². The molecule has 0 amide bonds. The summed E-state index contributed by atoms with van der Waals surface area (Å²) in [5.41, 5.74) is 6.42. The largest absolute Gasteiger partial charge is 0.337 e. The number of rotatable bonds is 4. The first-order valence-corrected chi connectivity index (χ1v) is 9.65. The Morgan fingerprint density at radius 1 is 1.60 bits per heavy atom. The number of nitrogens with two attached hydrogens (primary N) is 1. The molecule has 1 unspecified atom stereocenters. The van der Waals surface area contributed by atoms with Gasteiger partial charge in [-0.3, -0.25) is 0 Å². The van der Waals surface area contributed by atoms with Gasteiger partial charge in [0.1, 0.15) is 11.2 Å². The monoisotopic (exact) mass is 335 g/mol. The SMILES string of the molecule is CCS(=O)(=O)C1CSCCN1c1nccc(CN)c1Cl. The molecule has 20 heavy (non-hydrogen) atoms. The van der Waals surface area contributed by atoms with Crippen LogP contribution in [-0.4, -0.2) is 42.6 Å². The van der Waals surface area contributed by atoms with E-state index in [0.717, 1.165) is 11.3 Å². The summed E-state index contributed by atoms with van der Waals surface area (Å²) in [6.45, 7) is 2.59. The maximum atomic E-state index is 12.3. The fourth-order valence-electron chi connectivity index (χ4n) is 2.14. The first-order valence-electron chi connectivity index (χ1n) is 6.40. The number of nitrogens with zero attached hydrogens (tertiary/aromatic N) is 2. The average Bonchev–Trinajstić information content (AvgIpc) is 2.47. The van der Waals surface area contributed by atoms with Crippen LogP contribution < -0.4 is 10.6 Å². The lowest BCUT2D eigenvalue weighted by Crippen LogP contribution is -2.48. The van der Waals surface area contributed by atoms with Crippen LogP contribution in [-0.2, 0) is 16.4 Å². The van der Waals surface area contributed by atoms with Gasteiger partial charge in [0.05, 0.1) is 5.02 Å². The molecule has 1 aromatic heterocycles. The molecule has 0 saturated carbocycles. The van der Waals surface area contributed by atoms with E-state index >= 15 is 0 Å². The third-order valence-electron chi connectivity index (χ3n) is 3.34. The van der Waals surface area contributed by atoms with Crippen molar-refractivity contribution in [3.8, 4) is 0 Å². The van der Waals surface area contributed by atoms with Crippen molar-refractivity contribution in [2.45, 2.75) is 18.8 Å². The lowest BCUT2D eigenvalue weighted by atomic mass is 10.2. The second-order valence-electron chi connectivity index (χ2n) is 4.49. The molecule has 1 aliphatic rings. The van der Waals surface area contributed by atoms with E-state index in [1.54, 1.807) is 35.8 Å². The summed E-state index contributed by atoms with van der Waals surface area (Å²) < 4.78 is 24.5. The third-order valence-corrected chi connectivity index (χ3v) is 7.04. The van der Waals surface area contributed by atoms with Gasteiger partial charge in [-0.1, -0.05) is 18.5 Å². The van der Waals surface area contributed by atoms with Crippen molar-refractivity contribution < 1.29 is 8.42 Å². The lowest BCUT2D eigenvalue weighted by molar-refractivity contribution is 0.579. The predicted octanol–water partition coefficient (Wildman–Crippen LogP) is 1.51. The van der Waals surface area contributed by atoms with Crippen molar-refractivity contribution in [2.75, 3.05) is 28.7 Å². The fourth-order valence-corrected chi connectivity index (χ4v) is 5.41. The van der Waals surface area contributed by atoms with Crippen LogP contribution in [0.15, 0.2) is 12.3 Å². The molecule has 112 valence electrons. The number of pyridine rings is 1. The smallest absolute Gasteiger partial charge is 0.171 e. The molecule has 5 nitrogen and oxygen atoms in total. The Balaban J connectivity index is 2.43. The Bertz CT molecular complexity index is 580. The molecule has 2 rings (SSSR count). The van der Waals surface area contributed by atoms with Crippen molar-refractivity contribution in [1.29, 1.82) is 0 Å². The van der Waals surface area contributed by atoms with E-state index in [1.807, 2.05) is 0 Å². The molecule has 0 radical (unpaired) electrons. The molecule has 2 heterocycles. The van der Waals surface area contributed by atoms with Crippen LogP contribution in [0.2, 0.25) is 5.02 Å². The zero-order valence-electron chi connectivity index (χ0n) is 11.3. The number of halogens is 1. The highest BCUT2D eigenvalue weighted by Crippen LogP contribution is 2.32. The molecule has 1 aromatic rings. The molecule has 0 aliphatic carbocycles. The number of hydrogen-bond acceptors (Lipinski definition) is 6. The predicted molar refractivity (Wildman–Crippen MR) is 85.1 cm³/mol. The summed E-state index contributed by atoms with van der Waals surface area (Å²) in [4.78, 5) is 6.08. The van der Waals surface area contributed by atoms with Gasteiger partial charge in [0, 0.05) is 36.5 Å². The Morgan fingerprint density at radius 2 is 2.35 bits per heavy atom. The standard InChI is InChI=1S/C12H18ClN3O2S2/c1-2-20(17,18)10-8-19-6-5-16(10)12-11(13)9(7-14)3-4-15-12/h3-4,10H,2,5-8,14H2,1H3. The second-order valence-corrected chi connectivity index (χ2v) is 8.46. The number of hydrogen-bond donors (Lipinski definition) is 1. The van der Waals surface area contributed by atoms with E-state index < -0.39 is 15.2 Å². The molecule has 8 heteroatoms. The zero-order valence-corrected chi connectivity index (χ0v) is 13.6. The maximum absolute atomic E-state index is 12.3.